The second-order valence-electron chi connectivity index (χ2n) is 5.07. The first-order valence-electron chi connectivity index (χ1n) is 6.96. The highest BCUT2D eigenvalue weighted by atomic mass is 16.6. The van der Waals surface area contributed by atoms with Gasteiger partial charge in [-0.05, 0) is 36.6 Å². The summed E-state index contributed by atoms with van der Waals surface area (Å²) in [4.78, 5) is 4.37. The Morgan fingerprint density at radius 1 is 1.20 bits per heavy atom. The minimum atomic E-state index is 0.196. The Bertz CT molecular complexity index is 638. The lowest BCUT2D eigenvalue weighted by Gasteiger charge is -2.20. The van der Waals surface area contributed by atoms with Crippen LogP contribution in [0.2, 0.25) is 0 Å². The molecule has 0 amide bonds. The van der Waals surface area contributed by atoms with Crippen LogP contribution < -0.4 is 19.5 Å². The number of hydrogen-bond donors (Lipinski definition) is 1. The molecule has 2 aliphatic rings. The van der Waals surface area contributed by atoms with Gasteiger partial charge in [0.05, 0.1) is 0 Å². The Balaban J connectivity index is 1.76. The molecule has 1 unspecified atom stereocenters. The topological polar surface area (TPSA) is 52.6 Å². The molecule has 2 aliphatic heterocycles. The summed E-state index contributed by atoms with van der Waals surface area (Å²) >= 11 is 0. The number of rotatable bonds is 2. The molecule has 5 heteroatoms. The molecule has 3 heterocycles. The first-order valence-corrected chi connectivity index (χ1v) is 6.96. The van der Waals surface area contributed by atoms with Gasteiger partial charge in [-0.2, -0.15) is 0 Å². The molecule has 4 rings (SSSR count). The van der Waals surface area contributed by atoms with Gasteiger partial charge in [-0.15, -0.1) is 0 Å². The van der Waals surface area contributed by atoms with Crippen molar-refractivity contribution in [1.29, 1.82) is 0 Å². The van der Waals surface area contributed by atoms with Crippen molar-refractivity contribution in [2.75, 3.05) is 26.3 Å². The van der Waals surface area contributed by atoms with Gasteiger partial charge in [0.2, 0.25) is 5.88 Å². The Morgan fingerprint density at radius 3 is 2.85 bits per heavy atom. The second kappa shape index (κ2) is 4.83. The summed E-state index contributed by atoms with van der Waals surface area (Å²) in [6.45, 7) is 3.06. The van der Waals surface area contributed by atoms with E-state index >= 15 is 0 Å². The fourth-order valence-electron chi connectivity index (χ4n) is 2.66. The van der Waals surface area contributed by atoms with E-state index in [9.17, 15) is 0 Å². The number of hydrogen-bond acceptors (Lipinski definition) is 5. The smallest absolute Gasteiger partial charge is 0.221 e. The van der Waals surface area contributed by atoms with Crippen molar-refractivity contribution in [3.05, 3.63) is 24.4 Å². The third-order valence-electron chi connectivity index (χ3n) is 3.68. The Hall–Kier alpha value is -2.01. The maximum atomic E-state index is 6.01. The van der Waals surface area contributed by atoms with E-state index in [4.69, 9.17) is 14.2 Å². The van der Waals surface area contributed by atoms with Crippen LogP contribution in [0.25, 0.3) is 10.8 Å². The molecule has 1 saturated heterocycles. The van der Waals surface area contributed by atoms with Crippen molar-refractivity contribution < 1.29 is 14.2 Å². The van der Waals surface area contributed by atoms with Crippen LogP contribution in [0.5, 0.6) is 17.4 Å². The molecule has 1 aromatic heterocycles. The average Bonchev–Trinajstić information content (AvgIpc) is 2.99. The van der Waals surface area contributed by atoms with E-state index in [1.54, 1.807) is 6.20 Å². The molecule has 0 saturated carbocycles. The monoisotopic (exact) mass is 272 g/mol. The van der Waals surface area contributed by atoms with Crippen molar-refractivity contribution in [3.8, 4) is 17.4 Å². The lowest BCUT2D eigenvalue weighted by Crippen LogP contribution is -2.20. The molecule has 0 aliphatic carbocycles. The molecule has 1 atom stereocenters. The Labute approximate surface area is 116 Å². The summed E-state index contributed by atoms with van der Waals surface area (Å²) in [6, 6.07) is 5.92. The first-order chi connectivity index (χ1) is 9.90. The van der Waals surface area contributed by atoms with E-state index in [1.807, 2.05) is 18.2 Å². The third-order valence-corrected chi connectivity index (χ3v) is 3.68. The van der Waals surface area contributed by atoms with Crippen LogP contribution in [0.4, 0.5) is 0 Å². The summed E-state index contributed by atoms with van der Waals surface area (Å²) in [7, 11) is 0. The van der Waals surface area contributed by atoms with Crippen LogP contribution in [0, 0.1) is 0 Å². The van der Waals surface area contributed by atoms with Crippen LogP contribution in [0.15, 0.2) is 24.4 Å². The molecule has 0 radical (unpaired) electrons. The van der Waals surface area contributed by atoms with E-state index < -0.39 is 0 Å². The van der Waals surface area contributed by atoms with Crippen molar-refractivity contribution in [3.63, 3.8) is 0 Å². The highest BCUT2D eigenvalue weighted by Gasteiger charge is 2.19. The van der Waals surface area contributed by atoms with Crippen molar-refractivity contribution in [2.45, 2.75) is 12.5 Å². The average molecular weight is 272 g/mol. The molecule has 104 valence electrons. The highest BCUT2D eigenvalue weighted by Crippen LogP contribution is 2.37. The zero-order chi connectivity index (χ0) is 13.4. The van der Waals surface area contributed by atoms with Crippen molar-refractivity contribution in [2.24, 2.45) is 0 Å². The number of benzene rings is 1. The summed E-state index contributed by atoms with van der Waals surface area (Å²) in [5, 5.41) is 5.33. The van der Waals surface area contributed by atoms with E-state index in [1.165, 1.54) is 0 Å². The molecule has 2 aromatic rings. The van der Waals surface area contributed by atoms with Crippen LogP contribution in [0.1, 0.15) is 6.42 Å². The zero-order valence-electron chi connectivity index (χ0n) is 11.1. The van der Waals surface area contributed by atoms with Gasteiger partial charge < -0.3 is 19.5 Å². The molecule has 1 aromatic carbocycles. The van der Waals surface area contributed by atoms with Gasteiger partial charge in [0.25, 0.3) is 0 Å². The standard InChI is InChI=1S/C15H16N2O3/c1-4-17-15(20-11-2-3-16-9-11)12-8-14-13(7-10(1)12)18-5-6-19-14/h1,4,7-8,11,16H,2-3,5-6,9H2. The quantitative estimate of drug-likeness (QED) is 0.902. The van der Waals surface area contributed by atoms with Gasteiger partial charge in [-0.1, -0.05) is 0 Å². The van der Waals surface area contributed by atoms with E-state index in [2.05, 4.69) is 10.3 Å². The van der Waals surface area contributed by atoms with Crippen molar-refractivity contribution >= 4 is 10.8 Å². The largest absolute Gasteiger partial charge is 0.486 e. The van der Waals surface area contributed by atoms with E-state index in [0.717, 1.165) is 41.8 Å². The van der Waals surface area contributed by atoms with Gasteiger partial charge in [-0.25, -0.2) is 4.98 Å². The molecule has 1 fully saturated rings. The number of ether oxygens (including phenoxy) is 3. The molecule has 0 bridgehead atoms. The predicted octanol–water partition coefficient (Wildman–Crippen LogP) is 1.75. The SMILES string of the molecule is c1cc2cc3c(cc2c(OC2CCNC2)n1)OCCO3. The van der Waals surface area contributed by atoms with Gasteiger partial charge in [0.1, 0.15) is 19.3 Å². The molecular formula is C15H16N2O3. The predicted molar refractivity (Wildman–Crippen MR) is 74.6 cm³/mol. The lowest BCUT2D eigenvalue weighted by molar-refractivity contribution is 0.172. The Kier molecular flexibility index (Phi) is 2.85. The highest BCUT2D eigenvalue weighted by molar-refractivity contribution is 5.90. The van der Waals surface area contributed by atoms with Crippen LogP contribution in [0.3, 0.4) is 0 Å². The van der Waals surface area contributed by atoms with Crippen LogP contribution >= 0.6 is 0 Å². The van der Waals surface area contributed by atoms with Crippen molar-refractivity contribution in [1.82, 2.24) is 10.3 Å². The summed E-state index contributed by atoms with van der Waals surface area (Å²) in [5.41, 5.74) is 0. The maximum absolute atomic E-state index is 6.01. The third kappa shape index (κ3) is 2.04. The van der Waals surface area contributed by atoms with E-state index in [-0.39, 0.29) is 6.10 Å². The first kappa shape index (κ1) is 11.8. The van der Waals surface area contributed by atoms with Crippen LogP contribution in [-0.2, 0) is 0 Å². The number of nitrogens with zero attached hydrogens (tertiary/aromatic N) is 1. The van der Waals surface area contributed by atoms with Crippen LogP contribution in [-0.4, -0.2) is 37.4 Å². The lowest BCUT2D eigenvalue weighted by atomic mass is 10.1. The minimum Gasteiger partial charge on any atom is -0.486 e. The number of aromatic nitrogens is 1. The molecule has 5 nitrogen and oxygen atoms in total. The summed E-state index contributed by atoms with van der Waals surface area (Å²) < 4.78 is 17.3. The Morgan fingerprint density at radius 2 is 2.05 bits per heavy atom. The number of nitrogens with one attached hydrogen (secondary N) is 1. The molecule has 0 spiro atoms. The summed E-state index contributed by atoms with van der Waals surface area (Å²) in [5.74, 6) is 2.24. The normalized spacial score (nSPS) is 21.1. The van der Waals surface area contributed by atoms with E-state index in [0.29, 0.717) is 19.1 Å². The summed E-state index contributed by atoms with van der Waals surface area (Å²) in [6.07, 6.45) is 2.99. The number of fused-ring (bicyclic) bond motifs is 2. The van der Waals surface area contributed by atoms with Gasteiger partial charge in [0, 0.05) is 18.1 Å². The van der Waals surface area contributed by atoms with Gasteiger partial charge in [-0.3, -0.25) is 0 Å². The fraction of sp³-hybridized carbons (Fsp3) is 0.400. The van der Waals surface area contributed by atoms with Gasteiger partial charge >= 0.3 is 0 Å². The molecule has 1 N–H and O–H groups in total. The molecular weight excluding hydrogens is 256 g/mol. The van der Waals surface area contributed by atoms with Gasteiger partial charge in [0.15, 0.2) is 11.5 Å². The second-order valence-corrected chi connectivity index (χ2v) is 5.07. The molecule has 20 heavy (non-hydrogen) atoms. The maximum Gasteiger partial charge on any atom is 0.221 e. The minimum absolute atomic E-state index is 0.196. The number of pyridine rings is 1. The fourth-order valence-corrected chi connectivity index (χ4v) is 2.66. The zero-order valence-corrected chi connectivity index (χ0v) is 11.1.